The second kappa shape index (κ2) is 7.57. The van der Waals surface area contributed by atoms with Gasteiger partial charge >= 0.3 is 5.69 Å². The summed E-state index contributed by atoms with van der Waals surface area (Å²) >= 11 is 1.40. The van der Waals surface area contributed by atoms with Gasteiger partial charge in [-0.25, -0.2) is 4.79 Å². The molecule has 0 saturated carbocycles. The molecule has 8 heteroatoms. The molecule has 1 aliphatic rings. The van der Waals surface area contributed by atoms with Gasteiger partial charge in [-0.15, -0.1) is 11.8 Å². The van der Waals surface area contributed by atoms with Crippen LogP contribution < -0.4 is 11.0 Å². The molecule has 1 aliphatic heterocycles. The molecule has 7 nitrogen and oxygen atoms in total. The third-order valence-corrected chi connectivity index (χ3v) is 3.78. The van der Waals surface area contributed by atoms with Crippen molar-refractivity contribution in [3.8, 4) is 0 Å². The molecule has 1 amide bonds. The Labute approximate surface area is 132 Å². The van der Waals surface area contributed by atoms with Gasteiger partial charge in [0.1, 0.15) is 12.0 Å². The molecule has 2 N–H and O–H groups in total. The van der Waals surface area contributed by atoms with Crippen LogP contribution in [0.15, 0.2) is 28.5 Å². The predicted octanol–water partition coefficient (Wildman–Crippen LogP) is 1.12. The van der Waals surface area contributed by atoms with Gasteiger partial charge < -0.3 is 15.2 Å². The fraction of sp³-hybridized carbons (Fsp3) is 0.500. The number of nitrogens with zero attached hydrogens (tertiary/aromatic N) is 2. The number of nitrogens with one attached hydrogen (secondary N) is 1. The molecule has 2 rings (SSSR count). The third-order valence-electron chi connectivity index (χ3n) is 3.37. The van der Waals surface area contributed by atoms with Gasteiger partial charge in [-0.05, 0) is 37.5 Å². The van der Waals surface area contributed by atoms with Crippen LogP contribution in [0.25, 0.3) is 0 Å². The normalized spacial score (nSPS) is 25.3. The van der Waals surface area contributed by atoms with E-state index in [4.69, 9.17) is 4.74 Å². The first-order chi connectivity index (χ1) is 10.5. The minimum Gasteiger partial charge on any atom is -0.390 e. The number of amides is 1. The standard InChI is InChI=1S/C14H19N3O4S/c1-9-10(18)3-4-13(21-9)17-7-5-11(16-14(17)20)15-12(19)6-8-22-2/h5-10,13,18H,3-4H2,1-2H3,(H,15,16,19,20)/b8-6+/t9-,10+,13-/m1/s1. The summed E-state index contributed by atoms with van der Waals surface area (Å²) in [5, 5.41) is 13.8. The maximum Gasteiger partial charge on any atom is 0.351 e. The van der Waals surface area contributed by atoms with E-state index in [-0.39, 0.29) is 17.8 Å². The van der Waals surface area contributed by atoms with E-state index in [0.717, 1.165) is 0 Å². The number of hydrogen-bond donors (Lipinski definition) is 2. The van der Waals surface area contributed by atoms with Crippen molar-refractivity contribution in [2.75, 3.05) is 11.6 Å². The molecule has 1 saturated heterocycles. The minimum absolute atomic E-state index is 0.195. The molecule has 0 bridgehead atoms. The van der Waals surface area contributed by atoms with Gasteiger partial charge in [0.05, 0.1) is 12.2 Å². The SMILES string of the molecule is CS/C=C/C(=O)Nc1ccn([C@H]2CC[C@H](O)[C@@H](C)O2)c(=O)n1. The van der Waals surface area contributed by atoms with Crippen LogP contribution in [-0.2, 0) is 9.53 Å². The number of thioether (sulfide) groups is 1. The number of ether oxygens (including phenoxy) is 1. The first-order valence-electron chi connectivity index (χ1n) is 6.94. The first-order valence-corrected chi connectivity index (χ1v) is 8.23. The highest BCUT2D eigenvalue weighted by Gasteiger charge is 2.28. The van der Waals surface area contributed by atoms with Gasteiger partial charge in [0.15, 0.2) is 0 Å². The predicted molar refractivity (Wildman–Crippen MR) is 84.6 cm³/mol. The van der Waals surface area contributed by atoms with Crippen LogP contribution in [0.5, 0.6) is 0 Å². The molecule has 1 aromatic rings. The number of aliphatic hydroxyl groups excluding tert-OH is 1. The lowest BCUT2D eigenvalue weighted by Gasteiger charge is -2.32. The molecule has 3 atom stereocenters. The summed E-state index contributed by atoms with van der Waals surface area (Å²) in [5.41, 5.74) is -0.500. The molecule has 0 unspecified atom stereocenters. The lowest BCUT2D eigenvalue weighted by molar-refractivity contribution is -0.139. The van der Waals surface area contributed by atoms with Crippen LogP contribution in [0.1, 0.15) is 26.0 Å². The zero-order valence-corrected chi connectivity index (χ0v) is 13.2. The van der Waals surface area contributed by atoms with Crippen molar-refractivity contribution < 1.29 is 14.6 Å². The third kappa shape index (κ3) is 4.19. The first kappa shape index (κ1) is 16.7. The van der Waals surface area contributed by atoms with Crippen molar-refractivity contribution in [3.63, 3.8) is 0 Å². The van der Waals surface area contributed by atoms with Crippen LogP contribution in [-0.4, -0.2) is 39.0 Å². The summed E-state index contributed by atoms with van der Waals surface area (Å²) in [7, 11) is 0. The van der Waals surface area contributed by atoms with Gasteiger partial charge in [0.25, 0.3) is 0 Å². The minimum atomic E-state index is -0.512. The molecule has 0 aromatic carbocycles. The number of rotatable bonds is 4. The van der Waals surface area contributed by atoms with Gasteiger partial charge in [0, 0.05) is 12.3 Å². The summed E-state index contributed by atoms with van der Waals surface area (Å²) < 4.78 is 6.98. The highest BCUT2D eigenvalue weighted by Crippen LogP contribution is 2.25. The molecular formula is C14H19N3O4S. The maximum absolute atomic E-state index is 12.1. The Bertz CT molecular complexity index is 616. The molecule has 120 valence electrons. The van der Waals surface area contributed by atoms with Gasteiger partial charge in [0.2, 0.25) is 5.91 Å². The van der Waals surface area contributed by atoms with Crippen molar-refractivity contribution in [2.24, 2.45) is 0 Å². The Morgan fingerprint density at radius 1 is 1.59 bits per heavy atom. The number of anilines is 1. The van der Waals surface area contributed by atoms with Crippen LogP contribution >= 0.6 is 11.8 Å². The molecule has 0 aliphatic carbocycles. The second-order valence-electron chi connectivity index (χ2n) is 4.97. The van der Waals surface area contributed by atoms with E-state index in [9.17, 15) is 14.7 Å². The Morgan fingerprint density at radius 3 is 3.00 bits per heavy atom. The highest BCUT2D eigenvalue weighted by atomic mass is 32.2. The number of carbonyl (C=O) groups excluding carboxylic acids is 1. The van der Waals surface area contributed by atoms with Crippen LogP contribution in [0, 0.1) is 0 Å². The maximum atomic E-state index is 12.1. The zero-order valence-electron chi connectivity index (χ0n) is 12.4. The Morgan fingerprint density at radius 2 is 2.36 bits per heavy atom. The van der Waals surface area contributed by atoms with E-state index >= 15 is 0 Å². The topological polar surface area (TPSA) is 93.5 Å². The smallest absolute Gasteiger partial charge is 0.351 e. The molecule has 1 aromatic heterocycles. The number of aliphatic hydroxyl groups is 1. The fourth-order valence-electron chi connectivity index (χ4n) is 2.16. The van der Waals surface area contributed by atoms with Crippen molar-refractivity contribution in [1.82, 2.24) is 9.55 Å². The lowest BCUT2D eigenvalue weighted by Crippen LogP contribution is -2.39. The molecule has 2 heterocycles. The molecular weight excluding hydrogens is 306 g/mol. The Kier molecular flexibility index (Phi) is 5.76. The molecule has 0 radical (unpaired) electrons. The molecule has 1 fully saturated rings. The number of hydrogen-bond acceptors (Lipinski definition) is 6. The average Bonchev–Trinajstić information content (AvgIpc) is 2.48. The average molecular weight is 325 g/mol. The highest BCUT2D eigenvalue weighted by molar-refractivity contribution is 8.01. The van der Waals surface area contributed by atoms with E-state index < -0.39 is 18.0 Å². The van der Waals surface area contributed by atoms with Crippen LogP contribution in [0.2, 0.25) is 0 Å². The fourth-order valence-corrected chi connectivity index (χ4v) is 2.42. The van der Waals surface area contributed by atoms with Crippen LogP contribution in [0.3, 0.4) is 0 Å². The number of carbonyl (C=O) groups is 1. The summed E-state index contributed by atoms with van der Waals surface area (Å²) in [6, 6.07) is 1.55. The lowest BCUT2D eigenvalue weighted by atomic mass is 10.1. The second-order valence-corrected chi connectivity index (χ2v) is 5.71. The van der Waals surface area contributed by atoms with E-state index in [1.807, 2.05) is 6.26 Å². The van der Waals surface area contributed by atoms with Crippen molar-refractivity contribution >= 4 is 23.5 Å². The van der Waals surface area contributed by atoms with Crippen molar-refractivity contribution in [3.05, 3.63) is 34.2 Å². The van der Waals surface area contributed by atoms with E-state index in [2.05, 4.69) is 10.3 Å². The van der Waals surface area contributed by atoms with E-state index in [1.54, 1.807) is 18.4 Å². The monoisotopic (exact) mass is 325 g/mol. The van der Waals surface area contributed by atoms with Gasteiger partial charge in [-0.1, -0.05) is 0 Å². The summed E-state index contributed by atoms with van der Waals surface area (Å²) in [5.74, 6) is -0.148. The summed E-state index contributed by atoms with van der Waals surface area (Å²) in [6.07, 6.45) is 4.56. The van der Waals surface area contributed by atoms with E-state index in [1.165, 1.54) is 28.6 Å². The van der Waals surface area contributed by atoms with Gasteiger partial charge in [-0.2, -0.15) is 4.98 Å². The Balaban J connectivity index is 2.08. The van der Waals surface area contributed by atoms with Crippen molar-refractivity contribution in [1.29, 1.82) is 0 Å². The Hall–Kier alpha value is -1.64. The number of aromatic nitrogens is 2. The summed E-state index contributed by atoms with van der Waals surface area (Å²) in [6.45, 7) is 1.77. The zero-order chi connectivity index (χ0) is 16.1. The largest absolute Gasteiger partial charge is 0.390 e. The van der Waals surface area contributed by atoms with E-state index in [0.29, 0.717) is 12.8 Å². The van der Waals surface area contributed by atoms with Crippen molar-refractivity contribution in [2.45, 2.75) is 38.2 Å². The quantitative estimate of drug-likeness (QED) is 0.806. The molecule has 0 spiro atoms. The van der Waals surface area contributed by atoms with Gasteiger partial charge in [-0.3, -0.25) is 9.36 Å². The summed E-state index contributed by atoms with van der Waals surface area (Å²) in [4.78, 5) is 27.4. The van der Waals surface area contributed by atoms with Crippen LogP contribution in [0.4, 0.5) is 5.82 Å². The molecule has 22 heavy (non-hydrogen) atoms.